The highest BCUT2D eigenvalue weighted by Gasteiger charge is 2.30. The molecule has 0 unspecified atom stereocenters. The monoisotopic (exact) mass is 681 g/mol. The molecule has 5 rings (SSSR count). The molecule has 0 fully saturated rings. The van der Waals surface area contributed by atoms with Crippen LogP contribution in [0.3, 0.4) is 0 Å². The first-order valence-electron chi connectivity index (χ1n) is 15.0. The Morgan fingerprint density at radius 2 is 1.39 bits per heavy atom. The summed E-state index contributed by atoms with van der Waals surface area (Å²) in [5.74, 6) is -0.890. The fraction of sp³-hybridized carbons (Fsp3) is 0.0789. The Morgan fingerprint density at radius 3 is 2.06 bits per heavy atom. The number of halogens is 3. The highest BCUT2D eigenvalue weighted by molar-refractivity contribution is 8.00. The lowest BCUT2D eigenvalue weighted by molar-refractivity contribution is -0.137. The zero-order valence-corrected chi connectivity index (χ0v) is 26.7. The summed E-state index contributed by atoms with van der Waals surface area (Å²) in [7, 11) is 0. The fourth-order valence-corrected chi connectivity index (χ4v) is 5.16. The van der Waals surface area contributed by atoms with Crippen molar-refractivity contribution in [2.45, 2.75) is 17.7 Å². The van der Waals surface area contributed by atoms with Crippen LogP contribution in [0.4, 0.5) is 24.5 Å². The second kappa shape index (κ2) is 16.3. The van der Waals surface area contributed by atoms with Gasteiger partial charge in [-0.3, -0.25) is 14.4 Å². The normalized spacial score (nSPS) is 11.4. The van der Waals surface area contributed by atoms with E-state index >= 15 is 0 Å². The van der Waals surface area contributed by atoms with Crippen LogP contribution in [-0.2, 0) is 22.4 Å². The van der Waals surface area contributed by atoms with Crippen molar-refractivity contribution in [3.05, 3.63) is 161 Å². The van der Waals surface area contributed by atoms with E-state index in [1.165, 1.54) is 23.9 Å². The van der Waals surface area contributed by atoms with Gasteiger partial charge >= 0.3 is 6.18 Å². The van der Waals surface area contributed by atoms with Crippen molar-refractivity contribution in [1.82, 2.24) is 5.32 Å². The maximum absolute atomic E-state index is 13.4. The third kappa shape index (κ3) is 10.6. The third-order valence-electron chi connectivity index (χ3n) is 6.92. The molecular formula is C38H30F3N3O4S. The molecular weight excluding hydrogens is 651 g/mol. The van der Waals surface area contributed by atoms with Crippen molar-refractivity contribution in [3.63, 3.8) is 0 Å². The largest absolute Gasteiger partial charge is 0.489 e. The molecule has 0 bridgehead atoms. The van der Waals surface area contributed by atoms with Gasteiger partial charge in [0.15, 0.2) is 0 Å². The summed E-state index contributed by atoms with van der Waals surface area (Å²) in [5.41, 5.74) is 1.71. The van der Waals surface area contributed by atoms with E-state index in [0.717, 1.165) is 17.7 Å². The molecule has 248 valence electrons. The average molecular weight is 682 g/mol. The average Bonchev–Trinajstić information content (AvgIpc) is 3.11. The number of anilines is 2. The highest BCUT2D eigenvalue weighted by Crippen LogP contribution is 2.31. The number of benzene rings is 5. The first kappa shape index (κ1) is 34.5. The van der Waals surface area contributed by atoms with Crippen LogP contribution in [0.2, 0.25) is 0 Å². The van der Waals surface area contributed by atoms with Crippen molar-refractivity contribution >= 4 is 46.9 Å². The van der Waals surface area contributed by atoms with E-state index in [0.29, 0.717) is 34.1 Å². The molecule has 0 atom stereocenters. The van der Waals surface area contributed by atoms with Gasteiger partial charge in [0.1, 0.15) is 18.1 Å². The standard InChI is InChI=1S/C38H30F3N3O4S/c39-38(40,41)29-12-7-13-31(23-29)42-35(45)25-49-33-20-16-30(17-21-33)43-37(47)34(44-36(46)28-10-5-2-6-11-28)22-26-14-18-32(19-15-26)48-24-27-8-3-1-4-9-27/h1-23H,24-25H2,(H,42,45)(H,43,47)(H,44,46)/b34-22-. The van der Waals surface area contributed by atoms with E-state index in [-0.39, 0.29) is 17.1 Å². The quantitative estimate of drug-likeness (QED) is 0.0908. The first-order valence-corrected chi connectivity index (χ1v) is 16.0. The minimum absolute atomic E-state index is 0.0107. The van der Waals surface area contributed by atoms with Crippen molar-refractivity contribution in [3.8, 4) is 5.75 Å². The molecule has 3 amide bonds. The van der Waals surface area contributed by atoms with Gasteiger partial charge in [-0.25, -0.2) is 0 Å². The van der Waals surface area contributed by atoms with E-state index in [2.05, 4.69) is 16.0 Å². The van der Waals surface area contributed by atoms with Gasteiger partial charge in [0.05, 0.1) is 11.3 Å². The molecule has 5 aromatic rings. The fourth-order valence-electron chi connectivity index (χ4n) is 4.46. The molecule has 3 N–H and O–H groups in total. The van der Waals surface area contributed by atoms with Crippen LogP contribution in [0.15, 0.2) is 144 Å². The number of rotatable bonds is 12. The smallest absolute Gasteiger partial charge is 0.416 e. The van der Waals surface area contributed by atoms with Crippen LogP contribution in [0.1, 0.15) is 27.0 Å². The zero-order chi connectivity index (χ0) is 34.6. The molecule has 0 spiro atoms. The summed E-state index contributed by atoms with van der Waals surface area (Å²) in [5, 5.41) is 7.96. The van der Waals surface area contributed by atoms with Crippen molar-refractivity contribution in [2.24, 2.45) is 0 Å². The topological polar surface area (TPSA) is 96.5 Å². The zero-order valence-electron chi connectivity index (χ0n) is 25.9. The number of ether oxygens (including phenoxy) is 1. The van der Waals surface area contributed by atoms with E-state index in [4.69, 9.17) is 4.74 Å². The Bertz CT molecular complexity index is 1920. The number of hydrogen-bond donors (Lipinski definition) is 3. The van der Waals surface area contributed by atoms with Crippen LogP contribution in [0, 0.1) is 0 Å². The number of carbonyl (C=O) groups is 3. The van der Waals surface area contributed by atoms with Crippen LogP contribution < -0.4 is 20.7 Å². The van der Waals surface area contributed by atoms with Crippen LogP contribution in [0.25, 0.3) is 6.08 Å². The second-order valence-electron chi connectivity index (χ2n) is 10.6. The lowest BCUT2D eigenvalue weighted by Gasteiger charge is -2.12. The first-order chi connectivity index (χ1) is 23.6. The SMILES string of the molecule is O=C(CSc1ccc(NC(=O)/C(=C/c2ccc(OCc3ccccc3)cc2)NC(=O)c2ccccc2)cc1)Nc1cccc(C(F)(F)F)c1. The van der Waals surface area contributed by atoms with Gasteiger partial charge in [-0.2, -0.15) is 13.2 Å². The third-order valence-corrected chi connectivity index (χ3v) is 7.94. The Balaban J connectivity index is 1.22. The maximum Gasteiger partial charge on any atom is 0.416 e. The molecule has 0 saturated carbocycles. The summed E-state index contributed by atoms with van der Waals surface area (Å²) >= 11 is 1.18. The van der Waals surface area contributed by atoms with Crippen LogP contribution >= 0.6 is 11.8 Å². The molecule has 0 aliphatic rings. The lowest BCUT2D eigenvalue weighted by Crippen LogP contribution is -2.30. The Morgan fingerprint density at radius 1 is 0.714 bits per heavy atom. The van der Waals surface area contributed by atoms with E-state index in [1.807, 2.05) is 30.3 Å². The molecule has 0 radical (unpaired) electrons. The Labute approximate surface area is 285 Å². The molecule has 49 heavy (non-hydrogen) atoms. The number of nitrogens with one attached hydrogen (secondary N) is 3. The molecule has 0 heterocycles. The summed E-state index contributed by atoms with van der Waals surface area (Å²) < 4.78 is 44.8. The van der Waals surface area contributed by atoms with Gasteiger partial charge in [0.25, 0.3) is 11.8 Å². The summed E-state index contributed by atoms with van der Waals surface area (Å²) in [6, 6.07) is 36.4. The van der Waals surface area contributed by atoms with Gasteiger partial charge in [-0.1, -0.05) is 66.7 Å². The van der Waals surface area contributed by atoms with Gasteiger partial charge < -0.3 is 20.7 Å². The highest BCUT2D eigenvalue weighted by atomic mass is 32.2. The summed E-state index contributed by atoms with van der Waals surface area (Å²) in [4.78, 5) is 39.5. The number of hydrogen-bond acceptors (Lipinski definition) is 5. The Kier molecular flexibility index (Phi) is 11.5. The van der Waals surface area contributed by atoms with Crippen molar-refractivity contribution < 1.29 is 32.3 Å². The molecule has 0 saturated heterocycles. The molecule has 0 aromatic heterocycles. The number of amides is 3. The van der Waals surface area contributed by atoms with Gasteiger partial charge in [0.2, 0.25) is 5.91 Å². The van der Waals surface area contributed by atoms with Crippen LogP contribution in [0.5, 0.6) is 5.75 Å². The predicted molar refractivity (Wildman–Crippen MR) is 185 cm³/mol. The van der Waals surface area contributed by atoms with Crippen LogP contribution in [-0.4, -0.2) is 23.5 Å². The van der Waals surface area contributed by atoms with Crippen molar-refractivity contribution in [1.29, 1.82) is 0 Å². The van der Waals surface area contributed by atoms with E-state index in [9.17, 15) is 27.6 Å². The minimum atomic E-state index is -4.51. The molecule has 11 heteroatoms. The lowest BCUT2D eigenvalue weighted by atomic mass is 10.1. The van der Waals surface area contributed by atoms with E-state index < -0.39 is 29.5 Å². The Hall–Kier alpha value is -5.81. The second-order valence-corrected chi connectivity index (χ2v) is 11.7. The predicted octanol–water partition coefficient (Wildman–Crippen LogP) is 8.42. The molecule has 0 aliphatic carbocycles. The summed E-state index contributed by atoms with van der Waals surface area (Å²) in [6.07, 6.45) is -2.95. The molecule has 7 nitrogen and oxygen atoms in total. The number of alkyl halides is 3. The number of thioether (sulfide) groups is 1. The minimum Gasteiger partial charge on any atom is -0.489 e. The van der Waals surface area contributed by atoms with Gasteiger partial charge in [-0.15, -0.1) is 11.8 Å². The van der Waals surface area contributed by atoms with Gasteiger partial charge in [0, 0.05) is 21.8 Å². The number of carbonyl (C=O) groups excluding carboxylic acids is 3. The van der Waals surface area contributed by atoms with E-state index in [1.54, 1.807) is 84.9 Å². The molecule has 0 aliphatic heterocycles. The molecule has 5 aromatic carbocycles. The maximum atomic E-state index is 13.4. The van der Waals surface area contributed by atoms with Crippen molar-refractivity contribution in [2.75, 3.05) is 16.4 Å². The van der Waals surface area contributed by atoms with Gasteiger partial charge in [-0.05, 0) is 83.9 Å². The summed E-state index contributed by atoms with van der Waals surface area (Å²) in [6.45, 7) is 0.404.